The van der Waals surface area contributed by atoms with Crippen molar-refractivity contribution in [3.05, 3.63) is 71.8 Å². The number of hydrogen-bond acceptors (Lipinski definition) is 26. The summed E-state index contributed by atoms with van der Waals surface area (Å²) >= 11 is 0. The number of ether oxygens (including phenoxy) is 9. The van der Waals surface area contributed by atoms with Crippen LogP contribution in [0.2, 0.25) is 0 Å². The second kappa shape index (κ2) is 36.5. The Morgan fingerprint density at radius 3 is 1.65 bits per heavy atom. The highest BCUT2D eigenvalue weighted by atomic mass is 16.7. The zero-order valence-electron chi connectivity index (χ0n) is 54.6. The van der Waals surface area contributed by atoms with Crippen molar-refractivity contribution in [1.82, 2.24) is 20.4 Å². The first-order chi connectivity index (χ1) is 46.3. The molecule has 0 bridgehead atoms. The first kappa shape index (κ1) is 78.0. The number of unbranched alkanes of at least 4 members (excludes halogenated alkanes) is 4. The molecule has 11 N–H and O–H groups in total. The van der Waals surface area contributed by atoms with Crippen molar-refractivity contribution in [2.24, 2.45) is 10.8 Å². The van der Waals surface area contributed by atoms with Crippen molar-refractivity contribution in [2.75, 3.05) is 63.2 Å². The van der Waals surface area contributed by atoms with Gasteiger partial charge in [0.2, 0.25) is 30.3 Å². The van der Waals surface area contributed by atoms with E-state index in [0.717, 1.165) is 9.80 Å². The van der Waals surface area contributed by atoms with Crippen LogP contribution in [0, 0.1) is 10.8 Å². The molecule has 34 nitrogen and oxygen atoms in total. The average Bonchev–Trinajstić information content (AvgIpc) is 1.33. The number of aliphatic hydroxyl groups excluding tert-OH is 5. The first-order valence-electron chi connectivity index (χ1n) is 31.5. The smallest absolute Gasteiger partial charge is 0.414 e. The maximum absolute atomic E-state index is 13.8. The van der Waals surface area contributed by atoms with Crippen LogP contribution in [0.4, 0.5) is 16.2 Å². The number of nitrogens with zero attached hydrogens (tertiary/aromatic N) is 2. The van der Waals surface area contributed by atoms with Gasteiger partial charge in [-0.3, -0.25) is 58.3 Å². The number of rotatable bonds is 37. The molecule has 4 aliphatic rings. The molecule has 4 aliphatic heterocycles. The first-order valence-corrected chi connectivity index (χ1v) is 31.5. The van der Waals surface area contributed by atoms with Crippen molar-refractivity contribution in [3.63, 3.8) is 0 Å². The highest BCUT2D eigenvalue weighted by molar-refractivity contribution is 6.13. The average molecular weight is 1390 g/mol. The molecule has 34 heteroatoms. The van der Waals surface area contributed by atoms with E-state index in [1.54, 1.807) is 20.8 Å². The number of carbonyl (C=O) groups is 12. The minimum atomic E-state index is -2.17. The van der Waals surface area contributed by atoms with Gasteiger partial charge in [-0.2, -0.15) is 0 Å². The van der Waals surface area contributed by atoms with Gasteiger partial charge >= 0.3 is 30.0 Å². The number of benzene rings is 2. The Balaban J connectivity index is 1.03. The summed E-state index contributed by atoms with van der Waals surface area (Å²) < 4.78 is 50.0. The van der Waals surface area contributed by atoms with E-state index in [4.69, 9.17) is 42.6 Å². The Kier molecular flexibility index (Phi) is 29.1. The van der Waals surface area contributed by atoms with Crippen LogP contribution in [-0.2, 0) is 99.1 Å². The predicted molar refractivity (Wildman–Crippen MR) is 333 cm³/mol. The second-order valence-electron chi connectivity index (χ2n) is 24.8. The topological polar surface area (TPSA) is 484 Å². The quantitative estimate of drug-likeness (QED) is 0.0186. The van der Waals surface area contributed by atoms with Gasteiger partial charge in [0.15, 0.2) is 12.2 Å². The highest BCUT2D eigenvalue weighted by Gasteiger charge is 2.52. The predicted octanol–water partition coefficient (Wildman–Crippen LogP) is 0.209. The SMILES string of the molecule is CC(C)(C)C(=O)OCc1ccc(NC(=O)O[C@@H]2O[C@H](C(=O)O)[C@@H](O)[C@H](OCC(C)(C)C(=O)OCc3ccc(O[C@@H]4O[C@H](C(=O)O)[C@@H](O)[C@H](O)[C@H]4O)c(NC(=O)CCNC(=O)CCCCCN4C(=O)C=CC4=O)c3)[C@H]2O)c(OCCOCCNC(=O)CCCCCN2C(=O)C=CC2=O)c1. The van der Waals surface area contributed by atoms with Gasteiger partial charge in [0, 0.05) is 69.7 Å². The number of amides is 8. The van der Waals surface area contributed by atoms with E-state index in [2.05, 4.69) is 21.3 Å². The minimum Gasteiger partial charge on any atom is -0.489 e. The number of nitrogens with one attached hydrogen (secondary N) is 4. The lowest BCUT2D eigenvalue weighted by Crippen LogP contribution is -2.62. The fourth-order valence-electron chi connectivity index (χ4n) is 9.72. The standard InChI is InChI=1S/C64H84N6O28/c1-63(2,3)60(87)92-33-36-14-16-37(40(31-36)91-29-28-90-27-24-66-42(72)13-9-7-11-26-70-46(76)20-21-47(70)77)68-62(89)98-59-52(82)53(51(81)55(97-59)57(85)86)94-34-64(4,5)61(88)93-32-35-15-17-39(95-58-50(80)48(78)49(79)54(96-58)56(83)84)38(30-35)67-43(73)22-23-65-41(71)12-8-6-10-25-69-44(74)18-19-45(69)75/h14-21,30-31,48-55,58-59,78-82H,6-13,22-29,32-34H2,1-5H3,(H,65,71)(H,66,72)(H,67,73)(H,68,89)(H,83,84)(H,85,86)/t48-,49-,50+,51-,52+,53-,54-,55-,58+,59-/m0/s1. The normalized spacial score (nSPS) is 22.3. The third-order valence-corrected chi connectivity index (χ3v) is 15.3. The molecule has 0 radical (unpaired) electrons. The zero-order chi connectivity index (χ0) is 72.0. The molecule has 0 saturated carbocycles. The molecule has 2 fully saturated rings. The van der Waals surface area contributed by atoms with E-state index in [9.17, 15) is 93.3 Å². The Bertz CT molecular complexity index is 3240. The molecule has 2 aromatic carbocycles. The summed E-state index contributed by atoms with van der Waals surface area (Å²) in [6, 6.07) is 8.10. The molecule has 8 amide bonds. The molecule has 538 valence electrons. The summed E-state index contributed by atoms with van der Waals surface area (Å²) in [5.41, 5.74) is -2.14. The summed E-state index contributed by atoms with van der Waals surface area (Å²) in [4.78, 5) is 152. The van der Waals surface area contributed by atoms with Crippen LogP contribution < -0.4 is 30.7 Å². The van der Waals surface area contributed by atoms with Crippen LogP contribution in [0.5, 0.6) is 11.5 Å². The number of carboxylic acid groups (broad SMARTS) is 2. The lowest BCUT2D eigenvalue weighted by molar-refractivity contribution is -0.287. The van der Waals surface area contributed by atoms with Crippen molar-refractivity contribution in [1.29, 1.82) is 0 Å². The number of carbonyl (C=O) groups excluding carboxylic acids is 10. The van der Waals surface area contributed by atoms with Crippen LogP contribution in [0.15, 0.2) is 60.7 Å². The maximum Gasteiger partial charge on any atom is 0.414 e. The van der Waals surface area contributed by atoms with Crippen LogP contribution in [0.1, 0.15) is 104 Å². The number of anilines is 2. The molecule has 4 heterocycles. The zero-order valence-corrected chi connectivity index (χ0v) is 54.6. The number of aliphatic hydroxyl groups is 5. The lowest BCUT2D eigenvalue weighted by atomic mass is 9.93. The molecule has 2 saturated heterocycles. The summed E-state index contributed by atoms with van der Waals surface area (Å²) in [5, 5.41) is 83.9. The van der Waals surface area contributed by atoms with Crippen LogP contribution in [-0.4, -0.2) is 231 Å². The molecule has 98 heavy (non-hydrogen) atoms. The van der Waals surface area contributed by atoms with Gasteiger partial charge < -0.3 is 94.3 Å². The van der Waals surface area contributed by atoms with Gasteiger partial charge in [0.25, 0.3) is 23.6 Å². The fraction of sp³-hybridized carbons (Fsp3) is 0.562. The third-order valence-electron chi connectivity index (χ3n) is 15.3. The second-order valence-corrected chi connectivity index (χ2v) is 24.8. The number of aliphatic carboxylic acids is 2. The van der Waals surface area contributed by atoms with E-state index >= 15 is 0 Å². The van der Waals surface area contributed by atoms with Crippen molar-refractivity contribution >= 4 is 82.7 Å². The Morgan fingerprint density at radius 1 is 0.531 bits per heavy atom. The Hall–Kier alpha value is -9.00. The Labute approximate surface area is 561 Å². The van der Waals surface area contributed by atoms with Crippen LogP contribution in [0.3, 0.4) is 0 Å². The number of esters is 2. The fourth-order valence-corrected chi connectivity index (χ4v) is 9.72. The number of hydrogen-bond donors (Lipinski definition) is 11. The van der Waals surface area contributed by atoms with E-state index in [1.165, 1.54) is 74.5 Å². The molecular weight excluding hydrogens is 1300 g/mol. The molecule has 0 aromatic heterocycles. The molecule has 0 spiro atoms. The molecule has 6 rings (SSSR count). The Morgan fingerprint density at radius 2 is 1.07 bits per heavy atom. The summed E-state index contributed by atoms with van der Waals surface area (Å²) in [7, 11) is 0. The van der Waals surface area contributed by atoms with E-state index < -0.39 is 139 Å². The van der Waals surface area contributed by atoms with Crippen molar-refractivity contribution in [2.45, 2.75) is 167 Å². The van der Waals surface area contributed by atoms with Gasteiger partial charge in [0.1, 0.15) is 67.9 Å². The van der Waals surface area contributed by atoms with Gasteiger partial charge in [-0.15, -0.1) is 0 Å². The van der Waals surface area contributed by atoms with Gasteiger partial charge in [-0.05, 0) is 95.7 Å². The van der Waals surface area contributed by atoms with Crippen molar-refractivity contribution < 1.29 is 136 Å². The van der Waals surface area contributed by atoms with Gasteiger partial charge in [-0.1, -0.05) is 25.0 Å². The summed E-state index contributed by atoms with van der Waals surface area (Å²) in [6.45, 7) is 6.62. The van der Waals surface area contributed by atoms with E-state index in [0.29, 0.717) is 44.1 Å². The monoisotopic (exact) mass is 1380 g/mol. The van der Waals surface area contributed by atoms with E-state index in [1.807, 2.05) is 0 Å². The maximum atomic E-state index is 13.8. The highest BCUT2D eigenvalue weighted by Crippen LogP contribution is 2.34. The van der Waals surface area contributed by atoms with Crippen molar-refractivity contribution in [3.8, 4) is 11.5 Å². The van der Waals surface area contributed by atoms with Gasteiger partial charge in [-0.25, -0.2) is 14.4 Å². The molecule has 2 aromatic rings. The number of carboxylic acids is 2. The minimum absolute atomic E-state index is 0.00549. The van der Waals surface area contributed by atoms with Gasteiger partial charge in [0.05, 0.1) is 42.0 Å². The van der Waals surface area contributed by atoms with Crippen LogP contribution >= 0.6 is 0 Å². The summed E-state index contributed by atoms with van der Waals surface area (Å²) in [6.07, 6.45) is -14.1. The number of imide groups is 2. The van der Waals surface area contributed by atoms with E-state index in [-0.39, 0.29) is 118 Å². The largest absolute Gasteiger partial charge is 0.489 e. The van der Waals surface area contributed by atoms with Crippen LogP contribution in [0.25, 0.3) is 0 Å². The molecule has 0 unspecified atom stereocenters. The molecular formula is C64H84N6O28. The lowest BCUT2D eigenvalue weighted by Gasteiger charge is -2.41. The molecule has 0 aliphatic carbocycles. The summed E-state index contributed by atoms with van der Waals surface area (Å²) in [5.74, 6) is -8.14. The third kappa shape index (κ3) is 23.1. The molecule has 10 atom stereocenters.